The number of hydrogen-bond acceptors (Lipinski definition) is 3. The summed E-state index contributed by atoms with van der Waals surface area (Å²) in [7, 11) is 0. The molecule has 0 aliphatic carbocycles. The number of nitrogens with two attached hydrogens (primary N) is 1. The van der Waals surface area contributed by atoms with E-state index in [9.17, 15) is 0 Å². The van der Waals surface area contributed by atoms with Crippen LogP contribution in [0.2, 0.25) is 0 Å². The molecule has 0 amide bonds. The van der Waals surface area contributed by atoms with Crippen molar-refractivity contribution < 1.29 is 0 Å². The number of aliphatic imine (C=N–C) groups is 2. The Kier molecular flexibility index (Phi) is 5.71. The fourth-order valence-electron chi connectivity index (χ4n) is 0.801. The zero-order valence-corrected chi connectivity index (χ0v) is 7.54. The Hall–Kier alpha value is -0.660. The fourth-order valence-corrected chi connectivity index (χ4v) is 0.801. The van der Waals surface area contributed by atoms with Gasteiger partial charge in [0.2, 0.25) is 0 Å². The molecule has 2 unspecified atom stereocenters. The summed E-state index contributed by atoms with van der Waals surface area (Å²) in [5.41, 5.74) is 5.58. The maximum Gasteiger partial charge on any atom is 0.0895 e. The van der Waals surface area contributed by atoms with Crippen LogP contribution in [0.3, 0.4) is 0 Å². The van der Waals surface area contributed by atoms with Crippen LogP contribution in [0.15, 0.2) is 9.98 Å². The third-order valence-electron chi connectivity index (χ3n) is 1.22. The highest BCUT2D eigenvalue weighted by Crippen LogP contribution is 1.97. The van der Waals surface area contributed by atoms with E-state index in [-0.39, 0.29) is 12.1 Å². The molecule has 11 heavy (non-hydrogen) atoms. The van der Waals surface area contributed by atoms with Crippen LogP contribution in [0.25, 0.3) is 0 Å². The smallest absolute Gasteiger partial charge is 0.0895 e. The molecular formula is C8H17N3. The van der Waals surface area contributed by atoms with Crippen LogP contribution in [0, 0.1) is 0 Å². The first-order valence-corrected chi connectivity index (χ1v) is 4.03. The van der Waals surface area contributed by atoms with Gasteiger partial charge >= 0.3 is 0 Å². The molecule has 0 radical (unpaired) electrons. The molecule has 0 spiro atoms. The zero-order chi connectivity index (χ0) is 8.69. The summed E-state index contributed by atoms with van der Waals surface area (Å²) < 4.78 is 0. The second-order valence-electron chi connectivity index (χ2n) is 2.77. The summed E-state index contributed by atoms with van der Waals surface area (Å²) in [5, 5.41) is 0. The van der Waals surface area contributed by atoms with Crippen molar-refractivity contribution in [3.63, 3.8) is 0 Å². The Balaban J connectivity index is 3.67. The number of hydrogen-bond donors (Lipinski definition) is 1. The molecule has 3 heteroatoms. The Morgan fingerprint density at radius 1 is 1.45 bits per heavy atom. The summed E-state index contributed by atoms with van der Waals surface area (Å²) in [5.74, 6) is 0. The van der Waals surface area contributed by atoms with Crippen molar-refractivity contribution in [3.8, 4) is 0 Å². The lowest BCUT2D eigenvalue weighted by Crippen LogP contribution is -2.19. The van der Waals surface area contributed by atoms with Gasteiger partial charge in [0.1, 0.15) is 0 Å². The summed E-state index contributed by atoms with van der Waals surface area (Å²) in [4.78, 5) is 7.92. The average Bonchev–Trinajstić information content (AvgIpc) is 1.86. The normalized spacial score (nSPS) is 14.9. The third-order valence-corrected chi connectivity index (χ3v) is 1.22. The van der Waals surface area contributed by atoms with Gasteiger partial charge in [0.05, 0.1) is 12.1 Å². The molecule has 0 aromatic rings. The Labute approximate surface area is 68.4 Å². The molecule has 0 aromatic heterocycles. The quantitative estimate of drug-likeness (QED) is 0.611. The predicted octanol–water partition coefficient (Wildman–Crippen LogP) is 1.31. The minimum absolute atomic E-state index is 0.206. The lowest BCUT2D eigenvalue weighted by molar-refractivity contribution is 0.583. The predicted molar refractivity (Wildman–Crippen MR) is 48.1 cm³/mol. The summed E-state index contributed by atoms with van der Waals surface area (Å²) in [6.07, 6.45) is 0.895. The van der Waals surface area contributed by atoms with Crippen LogP contribution in [0.5, 0.6) is 0 Å². The summed E-state index contributed by atoms with van der Waals surface area (Å²) in [6, 6.07) is 3.08. The van der Waals surface area contributed by atoms with Gasteiger partial charge in [-0.2, -0.15) is 0 Å². The molecule has 2 N–H and O–H groups in total. The van der Waals surface area contributed by atoms with E-state index in [4.69, 9.17) is 5.73 Å². The van der Waals surface area contributed by atoms with Gasteiger partial charge in [0, 0.05) is 12.6 Å². The van der Waals surface area contributed by atoms with Crippen molar-refractivity contribution >= 4 is 6.01 Å². The number of nitrogens with zero attached hydrogens (tertiary/aromatic N) is 2. The van der Waals surface area contributed by atoms with Crippen LogP contribution in [-0.2, 0) is 0 Å². The van der Waals surface area contributed by atoms with Gasteiger partial charge in [-0.25, -0.2) is 9.98 Å². The lowest BCUT2D eigenvalue weighted by atomic mass is 10.1. The molecule has 0 aliphatic rings. The molecular weight excluding hydrogens is 138 g/mol. The van der Waals surface area contributed by atoms with Crippen LogP contribution >= 0.6 is 0 Å². The monoisotopic (exact) mass is 155 g/mol. The van der Waals surface area contributed by atoms with Gasteiger partial charge in [-0.3, -0.25) is 0 Å². The molecule has 64 valence electrons. The van der Waals surface area contributed by atoms with E-state index < -0.39 is 0 Å². The van der Waals surface area contributed by atoms with Crippen molar-refractivity contribution in [2.24, 2.45) is 15.7 Å². The summed E-state index contributed by atoms with van der Waals surface area (Å²) in [6.45, 7) is 6.69. The van der Waals surface area contributed by atoms with Gasteiger partial charge < -0.3 is 5.73 Å². The molecule has 2 atom stereocenters. The van der Waals surface area contributed by atoms with E-state index >= 15 is 0 Å². The largest absolute Gasteiger partial charge is 0.328 e. The van der Waals surface area contributed by atoms with Gasteiger partial charge in [-0.15, -0.1) is 0 Å². The molecule has 0 fully saturated rings. The first-order chi connectivity index (χ1) is 5.16. The van der Waals surface area contributed by atoms with Gasteiger partial charge in [0.15, 0.2) is 0 Å². The molecule has 0 rings (SSSR count). The highest BCUT2D eigenvalue weighted by molar-refractivity contribution is 5.41. The van der Waals surface area contributed by atoms with Crippen LogP contribution in [-0.4, -0.2) is 24.6 Å². The molecule has 0 aliphatic heterocycles. The maximum atomic E-state index is 5.58. The highest BCUT2D eigenvalue weighted by Gasteiger charge is 2.00. The van der Waals surface area contributed by atoms with Gasteiger partial charge in [0.25, 0.3) is 0 Å². The minimum Gasteiger partial charge on any atom is -0.328 e. The van der Waals surface area contributed by atoms with E-state index in [1.807, 2.05) is 20.8 Å². The van der Waals surface area contributed by atoms with Crippen molar-refractivity contribution in [1.29, 1.82) is 0 Å². The lowest BCUT2D eigenvalue weighted by Gasteiger charge is -2.06. The molecule has 0 saturated carbocycles. The average molecular weight is 155 g/mol. The van der Waals surface area contributed by atoms with E-state index in [2.05, 4.69) is 16.0 Å². The minimum atomic E-state index is 0.206. The van der Waals surface area contributed by atoms with Gasteiger partial charge in [-0.1, -0.05) is 0 Å². The first kappa shape index (κ1) is 10.3. The topological polar surface area (TPSA) is 50.7 Å². The fraction of sp³-hybridized carbons (Fsp3) is 0.875. The van der Waals surface area contributed by atoms with Crippen molar-refractivity contribution in [2.75, 3.05) is 6.54 Å². The SMILES string of the molecule is CCN=C=NC(C)CC(C)N. The van der Waals surface area contributed by atoms with Crippen LogP contribution in [0.1, 0.15) is 27.2 Å². The standard InChI is InChI=1S/C8H17N3/c1-4-10-6-11-8(3)5-7(2)9/h7-8H,4-5,9H2,1-3H3. The third kappa shape index (κ3) is 7.23. The Bertz CT molecular complexity index is 145. The maximum absolute atomic E-state index is 5.58. The molecule has 0 bridgehead atoms. The van der Waals surface area contributed by atoms with E-state index in [0.29, 0.717) is 0 Å². The van der Waals surface area contributed by atoms with Crippen molar-refractivity contribution in [1.82, 2.24) is 0 Å². The van der Waals surface area contributed by atoms with Crippen molar-refractivity contribution in [2.45, 2.75) is 39.3 Å². The van der Waals surface area contributed by atoms with E-state index in [0.717, 1.165) is 13.0 Å². The highest BCUT2D eigenvalue weighted by atomic mass is 14.8. The Morgan fingerprint density at radius 2 is 2.09 bits per heavy atom. The number of rotatable bonds is 4. The molecule has 0 heterocycles. The molecule has 3 nitrogen and oxygen atoms in total. The van der Waals surface area contributed by atoms with Crippen LogP contribution in [0.4, 0.5) is 0 Å². The second kappa shape index (κ2) is 6.08. The second-order valence-corrected chi connectivity index (χ2v) is 2.77. The first-order valence-electron chi connectivity index (χ1n) is 4.03. The molecule has 0 aromatic carbocycles. The Morgan fingerprint density at radius 3 is 2.55 bits per heavy atom. The van der Waals surface area contributed by atoms with Crippen LogP contribution < -0.4 is 5.73 Å². The molecule has 0 saturated heterocycles. The van der Waals surface area contributed by atoms with E-state index in [1.54, 1.807) is 0 Å². The zero-order valence-electron chi connectivity index (χ0n) is 7.54. The van der Waals surface area contributed by atoms with Crippen molar-refractivity contribution in [3.05, 3.63) is 0 Å². The van der Waals surface area contributed by atoms with E-state index in [1.165, 1.54) is 0 Å². The van der Waals surface area contributed by atoms with Gasteiger partial charge in [-0.05, 0) is 27.2 Å². The summed E-state index contributed by atoms with van der Waals surface area (Å²) >= 11 is 0.